The lowest BCUT2D eigenvalue weighted by atomic mass is 10.2. The molecule has 0 radical (unpaired) electrons. The number of hydrogen-bond donors (Lipinski definition) is 2. The van der Waals surface area contributed by atoms with Crippen molar-refractivity contribution in [2.45, 2.75) is 19.9 Å². The molecule has 6 heteroatoms. The highest BCUT2D eigenvalue weighted by atomic mass is 16.5. The molecule has 0 heterocycles. The smallest absolute Gasteiger partial charge is 0.237 e. The number of rotatable bonds is 8. The van der Waals surface area contributed by atoms with Gasteiger partial charge in [0.2, 0.25) is 11.8 Å². The van der Waals surface area contributed by atoms with Crippen LogP contribution in [-0.2, 0) is 9.59 Å². The van der Waals surface area contributed by atoms with Crippen molar-refractivity contribution in [3.8, 4) is 5.75 Å². The third kappa shape index (κ3) is 6.27. The van der Waals surface area contributed by atoms with E-state index in [4.69, 9.17) is 10.5 Å². The average Bonchev–Trinajstić information content (AvgIpc) is 2.41. The van der Waals surface area contributed by atoms with Gasteiger partial charge in [0.15, 0.2) is 0 Å². The zero-order valence-corrected chi connectivity index (χ0v) is 12.8. The fourth-order valence-electron chi connectivity index (χ4n) is 1.78. The van der Waals surface area contributed by atoms with E-state index in [2.05, 4.69) is 5.32 Å². The molecule has 0 bridgehead atoms. The molecule has 21 heavy (non-hydrogen) atoms. The molecule has 0 spiro atoms. The maximum absolute atomic E-state index is 11.9. The first kappa shape index (κ1) is 17.0. The minimum absolute atomic E-state index is 0.0500. The number of primary amides is 1. The highest BCUT2D eigenvalue weighted by molar-refractivity contribution is 5.82. The second kappa shape index (κ2) is 8.26. The molecule has 0 fully saturated rings. The molecular weight excluding hydrogens is 270 g/mol. The van der Waals surface area contributed by atoms with E-state index in [0.29, 0.717) is 13.2 Å². The zero-order chi connectivity index (χ0) is 15.8. The van der Waals surface area contributed by atoms with Gasteiger partial charge in [0, 0.05) is 0 Å². The molecule has 2 amide bonds. The Kier molecular flexibility index (Phi) is 6.68. The van der Waals surface area contributed by atoms with Crippen LogP contribution in [-0.4, -0.2) is 49.5 Å². The number of benzene rings is 1. The normalized spacial score (nSPS) is 12.0. The molecule has 0 unspecified atom stereocenters. The van der Waals surface area contributed by atoms with Gasteiger partial charge in [-0.05, 0) is 38.6 Å². The number of nitrogens with zero attached hydrogens (tertiary/aromatic N) is 1. The van der Waals surface area contributed by atoms with E-state index in [-0.39, 0.29) is 12.5 Å². The largest absolute Gasteiger partial charge is 0.492 e. The van der Waals surface area contributed by atoms with Crippen LogP contribution in [0.25, 0.3) is 0 Å². The van der Waals surface area contributed by atoms with E-state index < -0.39 is 11.9 Å². The van der Waals surface area contributed by atoms with Gasteiger partial charge in [0.05, 0.1) is 19.1 Å². The van der Waals surface area contributed by atoms with Crippen LogP contribution in [0.5, 0.6) is 5.75 Å². The summed E-state index contributed by atoms with van der Waals surface area (Å²) in [6.45, 7) is 4.56. The molecule has 1 aromatic rings. The summed E-state index contributed by atoms with van der Waals surface area (Å²) in [6.07, 6.45) is 0. The van der Waals surface area contributed by atoms with Gasteiger partial charge in [-0.2, -0.15) is 0 Å². The number of hydrogen-bond acceptors (Lipinski definition) is 4. The molecule has 1 aromatic carbocycles. The highest BCUT2D eigenvalue weighted by Gasteiger charge is 2.18. The third-order valence-electron chi connectivity index (χ3n) is 3.11. The molecule has 0 aromatic heterocycles. The molecule has 6 nitrogen and oxygen atoms in total. The van der Waals surface area contributed by atoms with Crippen LogP contribution in [0.1, 0.15) is 12.5 Å². The van der Waals surface area contributed by atoms with Crippen LogP contribution in [0, 0.1) is 6.92 Å². The van der Waals surface area contributed by atoms with E-state index in [1.54, 1.807) is 18.9 Å². The standard InChI is InChI=1S/C15H23N3O3/c1-11-5-4-6-13(9-11)21-8-7-17-15(20)12(2)18(3)10-14(16)19/h4-6,9,12H,7-8,10H2,1-3H3,(H2,16,19)(H,17,20)/t12-/m1/s1. The summed E-state index contributed by atoms with van der Waals surface area (Å²) in [7, 11) is 1.68. The van der Waals surface area contributed by atoms with Crippen LogP contribution < -0.4 is 15.8 Å². The molecule has 116 valence electrons. The van der Waals surface area contributed by atoms with Gasteiger partial charge in [-0.3, -0.25) is 14.5 Å². The molecule has 0 saturated carbocycles. The Labute approximate surface area is 125 Å². The Morgan fingerprint density at radius 3 is 2.76 bits per heavy atom. The lowest BCUT2D eigenvalue weighted by molar-refractivity contribution is -0.126. The number of ether oxygens (including phenoxy) is 1. The van der Waals surface area contributed by atoms with Crippen molar-refractivity contribution in [3.63, 3.8) is 0 Å². The van der Waals surface area contributed by atoms with Crippen molar-refractivity contribution >= 4 is 11.8 Å². The Bertz CT molecular complexity index is 491. The minimum atomic E-state index is -0.458. The predicted octanol–water partition coefficient (Wildman–Crippen LogP) is 0.296. The summed E-state index contributed by atoms with van der Waals surface area (Å²) in [6, 6.07) is 7.30. The maximum Gasteiger partial charge on any atom is 0.237 e. The van der Waals surface area contributed by atoms with E-state index in [9.17, 15) is 9.59 Å². The van der Waals surface area contributed by atoms with Gasteiger partial charge in [-0.25, -0.2) is 0 Å². The van der Waals surface area contributed by atoms with Gasteiger partial charge in [0.1, 0.15) is 12.4 Å². The van der Waals surface area contributed by atoms with Crippen LogP contribution in [0.2, 0.25) is 0 Å². The lowest BCUT2D eigenvalue weighted by Crippen LogP contribution is -2.46. The molecule has 0 aliphatic carbocycles. The van der Waals surface area contributed by atoms with Gasteiger partial charge in [0.25, 0.3) is 0 Å². The highest BCUT2D eigenvalue weighted by Crippen LogP contribution is 2.11. The monoisotopic (exact) mass is 293 g/mol. The van der Waals surface area contributed by atoms with Crippen molar-refractivity contribution in [3.05, 3.63) is 29.8 Å². The quantitative estimate of drug-likeness (QED) is 0.675. The SMILES string of the molecule is Cc1cccc(OCCNC(=O)[C@@H](C)N(C)CC(N)=O)c1. The number of amides is 2. The Balaban J connectivity index is 2.28. The number of carbonyl (C=O) groups is 2. The Morgan fingerprint density at radius 1 is 1.43 bits per heavy atom. The summed E-state index contributed by atoms with van der Waals surface area (Å²) in [5, 5.41) is 2.76. The average molecular weight is 293 g/mol. The van der Waals surface area contributed by atoms with Gasteiger partial charge in [-0.1, -0.05) is 12.1 Å². The fraction of sp³-hybridized carbons (Fsp3) is 0.467. The summed E-state index contributed by atoms with van der Waals surface area (Å²) >= 11 is 0. The van der Waals surface area contributed by atoms with Gasteiger partial charge < -0.3 is 15.8 Å². The van der Waals surface area contributed by atoms with Crippen molar-refractivity contribution in [2.75, 3.05) is 26.7 Å². The molecule has 1 rings (SSSR count). The van der Waals surface area contributed by atoms with Crippen LogP contribution in [0.3, 0.4) is 0 Å². The van der Waals surface area contributed by atoms with Gasteiger partial charge in [-0.15, -0.1) is 0 Å². The molecule has 0 saturated heterocycles. The molecule has 0 aliphatic heterocycles. The number of nitrogens with one attached hydrogen (secondary N) is 1. The predicted molar refractivity (Wildman–Crippen MR) is 81.0 cm³/mol. The van der Waals surface area contributed by atoms with Crippen molar-refractivity contribution in [1.29, 1.82) is 0 Å². The molecule has 0 aliphatic rings. The molecule has 3 N–H and O–H groups in total. The van der Waals surface area contributed by atoms with Crippen molar-refractivity contribution in [2.24, 2.45) is 5.73 Å². The topological polar surface area (TPSA) is 84.7 Å². The van der Waals surface area contributed by atoms with Crippen molar-refractivity contribution < 1.29 is 14.3 Å². The van der Waals surface area contributed by atoms with E-state index >= 15 is 0 Å². The maximum atomic E-state index is 11.9. The second-order valence-electron chi connectivity index (χ2n) is 5.01. The molecular formula is C15H23N3O3. The summed E-state index contributed by atoms with van der Waals surface area (Å²) < 4.78 is 5.54. The first-order chi connectivity index (χ1) is 9.90. The summed E-state index contributed by atoms with van der Waals surface area (Å²) in [5.41, 5.74) is 6.22. The number of likely N-dealkylation sites (N-methyl/N-ethyl adjacent to an activating group) is 1. The number of nitrogens with two attached hydrogens (primary N) is 1. The molecule has 1 atom stereocenters. The Morgan fingerprint density at radius 2 is 2.14 bits per heavy atom. The van der Waals surface area contributed by atoms with Crippen LogP contribution in [0.15, 0.2) is 24.3 Å². The second-order valence-corrected chi connectivity index (χ2v) is 5.01. The van der Waals surface area contributed by atoms with Crippen molar-refractivity contribution in [1.82, 2.24) is 10.2 Å². The number of aryl methyl sites for hydroxylation is 1. The van der Waals surface area contributed by atoms with E-state index in [0.717, 1.165) is 11.3 Å². The van der Waals surface area contributed by atoms with Crippen LogP contribution in [0.4, 0.5) is 0 Å². The first-order valence-corrected chi connectivity index (χ1v) is 6.86. The van der Waals surface area contributed by atoms with E-state index in [1.807, 2.05) is 31.2 Å². The Hall–Kier alpha value is -2.08. The number of carbonyl (C=O) groups excluding carboxylic acids is 2. The fourth-order valence-corrected chi connectivity index (χ4v) is 1.78. The zero-order valence-electron chi connectivity index (χ0n) is 12.8. The third-order valence-corrected chi connectivity index (χ3v) is 3.11. The summed E-state index contributed by atoms with van der Waals surface area (Å²) in [4.78, 5) is 24.3. The van der Waals surface area contributed by atoms with Crippen LogP contribution >= 0.6 is 0 Å². The summed E-state index contributed by atoms with van der Waals surface area (Å²) in [5.74, 6) is 0.162. The lowest BCUT2D eigenvalue weighted by Gasteiger charge is -2.22. The van der Waals surface area contributed by atoms with E-state index in [1.165, 1.54) is 0 Å². The van der Waals surface area contributed by atoms with Gasteiger partial charge >= 0.3 is 0 Å². The first-order valence-electron chi connectivity index (χ1n) is 6.86. The minimum Gasteiger partial charge on any atom is -0.492 e.